The van der Waals surface area contributed by atoms with Crippen LogP contribution in [0.2, 0.25) is 0 Å². The summed E-state index contributed by atoms with van der Waals surface area (Å²) in [7, 11) is 4.10. The minimum atomic E-state index is 1.05. The third-order valence-corrected chi connectivity index (χ3v) is 1.40. The summed E-state index contributed by atoms with van der Waals surface area (Å²) in [6.45, 7) is 5.28. The topological polar surface area (TPSA) is 15.3 Å². The van der Waals surface area contributed by atoms with E-state index in [9.17, 15) is 0 Å². The largest absolute Gasteiger partial charge is 0.318 e. The van der Waals surface area contributed by atoms with Gasteiger partial charge in [0.25, 0.3) is 0 Å². The van der Waals surface area contributed by atoms with Crippen molar-refractivity contribution >= 4 is 0 Å². The summed E-state index contributed by atoms with van der Waals surface area (Å²) < 4.78 is 0. The first kappa shape index (κ1) is 9.66. The Hall–Kier alpha value is -0.340. The summed E-state index contributed by atoms with van der Waals surface area (Å²) in [6.07, 6.45) is 4.24. The summed E-state index contributed by atoms with van der Waals surface area (Å²) in [6, 6.07) is 0. The van der Waals surface area contributed by atoms with E-state index in [-0.39, 0.29) is 0 Å². The summed E-state index contributed by atoms with van der Waals surface area (Å²) >= 11 is 0. The van der Waals surface area contributed by atoms with Crippen molar-refractivity contribution < 1.29 is 0 Å². The lowest BCUT2D eigenvalue weighted by Crippen LogP contribution is -2.27. The van der Waals surface area contributed by atoms with Gasteiger partial charge in [-0.25, -0.2) is 0 Å². The number of hydrogen-bond acceptors (Lipinski definition) is 2. The number of hydrogen-bond donors (Lipinski definition) is 1. The molecule has 0 aromatic carbocycles. The van der Waals surface area contributed by atoms with Gasteiger partial charge in [-0.1, -0.05) is 12.2 Å². The van der Waals surface area contributed by atoms with Gasteiger partial charge in [0.05, 0.1) is 0 Å². The second-order valence-corrected chi connectivity index (χ2v) is 2.43. The van der Waals surface area contributed by atoms with Gasteiger partial charge in [0.1, 0.15) is 0 Å². The minimum Gasteiger partial charge on any atom is -0.318 e. The summed E-state index contributed by atoms with van der Waals surface area (Å²) in [5, 5.41) is 3.11. The van der Waals surface area contributed by atoms with E-state index < -0.39 is 0 Å². The zero-order valence-electron chi connectivity index (χ0n) is 7.22. The molecule has 0 aliphatic carbocycles. The standard InChI is InChI=1S/C8H18N2/c1-4-5-7-10(3)8-6-9-2/h4-5,9H,6-8H2,1-3H3/b5-4-. The molecule has 1 N–H and O–H groups in total. The Bertz CT molecular complexity index is 89.3. The maximum absolute atomic E-state index is 3.11. The number of nitrogens with one attached hydrogen (secondary N) is 1. The van der Waals surface area contributed by atoms with Gasteiger partial charge < -0.3 is 10.2 Å². The molecule has 0 aromatic rings. The lowest BCUT2D eigenvalue weighted by molar-refractivity contribution is 0.370. The number of nitrogens with zero attached hydrogens (tertiary/aromatic N) is 1. The molecule has 0 saturated carbocycles. The Labute approximate surface area is 63.9 Å². The van der Waals surface area contributed by atoms with Gasteiger partial charge in [0.2, 0.25) is 0 Å². The van der Waals surface area contributed by atoms with Crippen molar-refractivity contribution in [3.63, 3.8) is 0 Å². The highest BCUT2D eigenvalue weighted by Gasteiger charge is 1.90. The molecule has 0 saturated heterocycles. The van der Waals surface area contributed by atoms with Gasteiger partial charge in [0.15, 0.2) is 0 Å². The molecule has 0 bridgehead atoms. The van der Waals surface area contributed by atoms with Crippen molar-refractivity contribution in [1.29, 1.82) is 0 Å². The van der Waals surface area contributed by atoms with E-state index in [1.165, 1.54) is 0 Å². The van der Waals surface area contributed by atoms with Crippen LogP contribution < -0.4 is 5.32 Å². The normalized spacial score (nSPS) is 11.6. The first-order valence-corrected chi connectivity index (χ1v) is 3.75. The number of rotatable bonds is 5. The van der Waals surface area contributed by atoms with Crippen LogP contribution in [0.1, 0.15) is 6.92 Å². The highest BCUT2D eigenvalue weighted by molar-refractivity contribution is 4.79. The fourth-order valence-electron chi connectivity index (χ4n) is 0.679. The van der Waals surface area contributed by atoms with E-state index >= 15 is 0 Å². The van der Waals surface area contributed by atoms with Crippen LogP contribution in [0.3, 0.4) is 0 Å². The Kier molecular flexibility index (Phi) is 6.55. The maximum atomic E-state index is 3.11. The SMILES string of the molecule is C/C=C\CN(C)CCNC. The average Bonchev–Trinajstić information content (AvgIpc) is 1.97. The molecule has 0 amide bonds. The van der Waals surface area contributed by atoms with E-state index in [1.807, 2.05) is 14.0 Å². The van der Waals surface area contributed by atoms with Crippen molar-refractivity contribution in [2.45, 2.75) is 6.92 Å². The van der Waals surface area contributed by atoms with Crippen molar-refractivity contribution in [2.75, 3.05) is 33.7 Å². The van der Waals surface area contributed by atoms with Crippen LogP contribution >= 0.6 is 0 Å². The van der Waals surface area contributed by atoms with Crippen molar-refractivity contribution in [2.24, 2.45) is 0 Å². The van der Waals surface area contributed by atoms with E-state index in [2.05, 4.69) is 29.4 Å². The summed E-state index contributed by atoms with van der Waals surface area (Å²) in [5.41, 5.74) is 0. The highest BCUT2D eigenvalue weighted by Crippen LogP contribution is 1.81. The third kappa shape index (κ3) is 5.79. The molecule has 0 unspecified atom stereocenters. The predicted molar refractivity (Wildman–Crippen MR) is 46.2 cm³/mol. The molecule has 0 radical (unpaired) electrons. The Morgan fingerprint density at radius 3 is 2.70 bits per heavy atom. The lowest BCUT2D eigenvalue weighted by Gasteiger charge is -2.12. The van der Waals surface area contributed by atoms with Crippen LogP contribution in [-0.2, 0) is 0 Å². The van der Waals surface area contributed by atoms with Gasteiger partial charge >= 0.3 is 0 Å². The van der Waals surface area contributed by atoms with E-state index in [0.29, 0.717) is 0 Å². The second-order valence-electron chi connectivity index (χ2n) is 2.43. The molecule has 0 atom stereocenters. The van der Waals surface area contributed by atoms with Gasteiger partial charge in [-0.3, -0.25) is 0 Å². The molecule has 0 heterocycles. The van der Waals surface area contributed by atoms with Gasteiger partial charge in [-0.2, -0.15) is 0 Å². The fraction of sp³-hybridized carbons (Fsp3) is 0.750. The zero-order chi connectivity index (χ0) is 7.82. The molecule has 0 spiro atoms. The average molecular weight is 142 g/mol. The highest BCUT2D eigenvalue weighted by atomic mass is 15.1. The smallest absolute Gasteiger partial charge is 0.0160 e. The molecule has 10 heavy (non-hydrogen) atoms. The van der Waals surface area contributed by atoms with Gasteiger partial charge in [0, 0.05) is 19.6 Å². The Morgan fingerprint density at radius 2 is 2.20 bits per heavy atom. The zero-order valence-corrected chi connectivity index (χ0v) is 7.22. The first-order chi connectivity index (χ1) is 4.81. The summed E-state index contributed by atoms with van der Waals surface area (Å²) in [4.78, 5) is 2.27. The third-order valence-electron chi connectivity index (χ3n) is 1.40. The van der Waals surface area contributed by atoms with Crippen LogP contribution in [0.5, 0.6) is 0 Å². The molecule has 2 heteroatoms. The Balaban J connectivity index is 3.16. The predicted octanol–water partition coefficient (Wildman–Crippen LogP) is 0.714. The van der Waals surface area contributed by atoms with Gasteiger partial charge in [-0.05, 0) is 21.0 Å². The molecular weight excluding hydrogens is 124 g/mol. The molecule has 0 fully saturated rings. The molecule has 60 valence electrons. The Morgan fingerprint density at radius 1 is 1.50 bits per heavy atom. The van der Waals surface area contributed by atoms with Crippen LogP contribution in [0.25, 0.3) is 0 Å². The molecule has 2 nitrogen and oxygen atoms in total. The van der Waals surface area contributed by atoms with E-state index in [1.54, 1.807) is 0 Å². The maximum Gasteiger partial charge on any atom is 0.0160 e. The second kappa shape index (κ2) is 6.78. The molecule has 0 aliphatic rings. The van der Waals surface area contributed by atoms with Crippen molar-refractivity contribution in [3.8, 4) is 0 Å². The summed E-state index contributed by atoms with van der Waals surface area (Å²) in [5.74, 6) is 0. The van der Waals surface area contributed by atoms with Gasteiger partial charge in [-0.15, -0.1) is 0 Å². The van der Waals surface area contributed by atoms with E-state index in [0.717, 1.165) is 19.6 Å². The monoisotopic (exact) mass is 142 g/mol. The number of allylic oxidation sites excluding steroid dienone is 1. The van der Waals surface area contributed by atoms with Crippen LogP contribution in [0.15, 0.2) is 12.2 Å². The molecular formula is C8H18N2. The van der Waals surface area contributed by atoms with Crippen molar-refractivity contribution in [1.82, 2.24) is 10.2 Å². The number of likely N-dealkylation sites (N-methyl/N-ethyl adjacent to an activating group) is 2. The molecule has 0 aliphatic heterocycles. The van der Waals surface area contributed by atoms with Crippen LogP contribution in [-0.4, -0.2) is 38.6 Å². The first-order valence-electron chi connectivity index (χ1n) is 3.75. The van der Waals surface area contributed by atoms with Crippen molar-refractivity contribution in [3.05, 3.63) is 12.2 Å². The molecule has 0 rings (SSSR count). The van der Waals surface area contributed by atoms with Crippen LogP contribution in [0, 0.1) is 0 Å². The molecule has 0 aromatic heterocycles. The minimum absolute atomic E-state index is 1.05. The van der Waals surface area contributed by atoms with Crippen LogP contribution in [0.4, 0.5) is 0 Å². The van der Waals surface area contributed by atoms with E-state index in [4.69, 9.17) is 0 Å². The quantitative estimate of drug-likeness (QED) is 0.569. The lowest BCUT2D eigenvalue weighted by atomic mass is 10.4. The fourth-order valence-corrected chi connectivity index (χ4v) is 0.679.